The van der Waals surface area contributed by atoms with Gasteiger partial charge in [0.25, 0.3) is 0 Å². The standard InChI is InChI=1S/C51H32N2O2/c1-2-10-33(11-3-1)35-20-24-42(25-21-35)53(43-26-22-36(23-27-43)40-19-18-34-12-4-5-13-37(34)28-40)46-30-41(51-52-45-16-8-9-17-47(45)55-51)32-49-50(46)44-29-38-14-6-7-15-39(38)31-48(44)54-49/h1-32H. The Kier molecular flexibility index (Phi) is 7.14. The Morgan fingerprint density at radius 1 is 0.364 bits per heavy atom. The number of anilines is 3. The van der Waals surface area contributed by atoms with E-state index in [-0.39, 0.29) is 0 Å². The molecule has 0 aliphatic heterocycles. The minimum absolute atomic E-state index is 0.543. The summed E-state index contributed by atoms with van der Waals surface area (Å²) in [6, 6.07) is 68.3. The van der Waals surface area contributed by atoms with Crippen LogP contribution in [0.2, 0.25) is 0 Å². The highest BCUT2D eigenvalue weighted by Crippen LogP contribution is 2.46. The number of furan rings is 1. The minimum atomic E-state index is 0.543. The van der Waals surface area contributed by atoms with Crippen LogP contribution in [-0.4, -0.2) is 4.98 Å². The second-order valence-electron chi connectivity index (χ2n) is 14.0. The molecule has 0 unspecified atom stereocenters. The largest absolute Gasteiger partial charge is 0.456 e. The molecule has 0 spiro atoms. The molecule has 9 aromatic carbocycles. The molecular weight excluding hydrogens is 673 g/mol. The van der Waals surface area contributed by atoms with Crippen molar-refractivity contribution in [2.75, 3.05) is 4.90 Å². The van der Waals surface area contributed by atoms with E-state index in [0.717, 1.165) is 77.6 Å². The third-order valence-electron chi connectivity index (χ3n) is 10.6. The zero-order valence-corrected chi connectivity index (χ0v) is 29.7. The normalized spacial score (nSPS) is 11.6. The Morgan fingerprint density at radius 3 is 1.67 bits per heavy atom. The molecule has 11 rings (SSSR count). The van der Waals surface area contributed by atoms with E-state index in [0.29, 0.717) is 5.89 Å². The first-order valence-electron chi connectivity index (χ1n) is 18.5. The number of hydrogen-bond donors (Lipinski definition) is 0. The molecule has 0 fully saturated rings. The van der Waals surface area contributed by atoms with E-state index in [2.05, 4.69) is 175 Å². The molecule has 0 aliphatic rings. The van der Waals surface area contributed by atoms with Crippen LogP contribution in [0.3, 0.4) is 0 Å². The molecule has 0 N–H and O–H groups in total. The van der Waals surface area contributed by atoms with Crippen LogP contribution in [0.1, 0.15) is 0 Å². The lowest BCUT2D eigenvalue weighted by molar-refractivity contribution is 0.619. The van der Waals surface area contributed by atoms with Crippen LogP contribution >= 0.6 is 0 Å². The van der Waals surface area contributed by atoms with Crippen LogP contribution in [0.5, 0.6) is 0 Å². The second-order valence-corrected chi connectivity index (χ2v) is 14.0. The van der Waals surface area contributed by atoms with Gasteiger partial charge in [0.2, 0.25) is 5.89 Å². The van der Waals surface area contributed by atoms with Gasteiger partial charge in [-0.2, -0.15) is 0 Å². The van der Waals surface area contributed by atoms with Crippen molar-refractivity contribution in [1.82, 2.24) is 4.98 Å². The number of benzene rings is 9. The van der Waals surface area contributed by atoms with Crippen LogP contribution in [-0.2, 0) is 0 Å². The Morgan fingerprint density at radius 2 is 0.945 bits per heavy atom. The molecule has 4 heteroatoms. The molecule has 0 radical (unpaired) electrons. The van der Waals surface area contributed by atoms with Gasteiger partial charge in [-0.25, -0.2) is 4.98 Å². The van der Waals surface area contributed by atoms with Crippen molar-refractivity contribution in [3.63, 3.8) is 0 Å². The quantitative estimate of drug-likeness (QED) is 0.173. The predicted octanol–water partition coefficient (Wildman–Crippen LogP) is 14.5. The molecule has 2 heterocycles. The van der Waals surface area contributed by atoms with Gasteiger partial charge < -0.3 is 13.7 Å². The summed E-state index contributed by atoms with van der Waals surface area (Å²) in [5.74, 6) is 0.543. The van der Waals surface area contributed by atoms with Gasteiger partial charge in [-0.1, -0.05) is 127 Å². The van der Waals surface area contributed by atoms with Gasteiger partial charge in [0.1, 0.15) is 16.7 Å². The fraction of sp³-hybridized carbons (Fsp3) is 0. The highest BCUT2D eigenvalue weighted by atomic mass is 16.3. The van der Waals surface area contributed by atoms with Gasteiger partial charge in [-0.05, 0) is 111 Å². The number of fused-ring (bicyclic) bond motifs is 6. The maximum Gasteiger partial charge on any atom is 0.227 e. The fourth-order valence-electron chi connectivity index (χ4n) is 7.90. The smallest absolute Gasteiger partial charge is 0.227 e. The van der Waals surface area contributed by atoms with Gasteiger partial charge >= 0.3 is 0 Å². The molecule has 0 bridgehead atoms. The Balaban J connectivity index is 1.15. The lowest BCUT2D eigenvalue weighted by Gasteiger charge is -2.27. The predicted molar refractivity (Wildman–Crippen MR) is 227 cm³/mol. The van der Waals surface area contributed by atoms with E-state index in [1.54, 1.807) is 0 Å². The van der Waals surface area contributed by atoms with Gasteiger partial charge in [-0.15, -0.1) is 0 Å². The average molecular weight is 705 g/mol. The molecule has 0 atom stereocenters. The van der Waals surface area contributed by atoms with E-state index in [4.69, 9.17) is 13.8 Å². The van der Waals surface area contributed by atoms with Gasteiger partial charge in [0.05, 0.1) is 11.1 Å². The van der Waals surface area contributed by atoms with Crippen molar-refractivity contribution in [1.29, 1.82) is 0 Å². The van der Waals surface area contributed by atoms with Gasteiger partial charge in [0.15, 0.2) is 5.58 Å². The lowest BCUT2D eigenvalue weighted by atomic mass is 10.00. The first kappa shape index (κ1) is 31.1. The Bertz CT molecular complexity index is 3160. The van der Waals surface area contributed by atoms with Crippen LogP contribution in [0.15, 0.2) is 203 Å². The van der Waals surface area contributed by atoms with Crippen molar-refractivity contribution in [2.24, 2.45) is 0 Å². The van der Waals surface area contributed by atoms with Crippen molar-refractivity contribution >= 4 is 71.6 Å². The molecule has 0 saturated heterocycles. The molecule has 11 aromatic rings. The molecule has 258 valence electrons. The minimum Gasteiger partial charge on any atom is -0.456 e. The first-order valence-corrected chi connectivity index (χ1v) is 18.5. The highest BCUT2D eigenvalue weighted by Gasteiger charge is 2.23. The van der Waals surface area contributed by atoms with E-state index in [1.165, 1.54) is 21.9 Å². The third-order valence-corrected chi connectivity index (χ3v) is 10.6. The first-order chi connectivity index (χ1) is 27.2. The summed E-state index contributed by atoms with van der Waals surface area (Å²) in [5, 5.41) is 6.81. The van der Waals surface area contributed by atoms with Crippen LogP contribution < -0.4 is 4.90 Å². The van der Waals surface area contributed by atoms with Crippen molar-refractivity contribution in [3.05, 3.63) is 194 Å². The summed E-state index contributed by atoms with van der Waals surface area (Å²) in [5.41, 5.74) is 11.6. The second kappa shape index (κ2) is 12.6. The average Bonchev–Trinajstić information content (AvgIpc) is 3.85. The van der Waals surface area contributed by atoms with E-state index in [1.807, 2.05) is 24.3 Å². The van der Waals surface area contributed by atoms with Crippen LogP contribution in [0.4, 0.5) is 17.1 Å². The molecule has 0 amide bonds. The Labute approximate surface area is 317 Å². The zero-order chi connectivity index (χ0) is 36.3. The molecule has 0 aliphatic carbocycles. The van der Waals surface area contributed by atoms with E-state index >= 15 is 0 Å². The summed E-state index contributed by atoms with van der Waals surface area (Å²) in [6.07, 6.45) is 0. The summed E-state index contributed by atoms with van der Waals surface area (Å²) in [6.45, 7) is 0. The van der Waals surface area contributed by atoms with Crippen molar-refractivity contribution in [2.45, 2.75) is 0 Å². The third kappa shape index (κ3) is 5.43. The SMILES string of the molecule is c1ccc(-c2ccc(N(c3ccc(-c4ccc5ccccc5c4)cc3)c3cc(-c4nc5ccccc5o4)cc4oc5cc6ccccc6cc5c34)cc2)cc1. The van der Waals surface area contributed by atoms with Crippen LogP contribution in [0.25, 0.3) is 88.3 Å². The van der Waals surface area contributed by atoms with Gasteiger partial charge in [-0.3, -0.25) is 0 Å². The Hall–Kier alpha value is -7.43. The summed E-state index contributed by atoms with van der Waals surface area (Å²) < 4.78 is 13.1. The van der Waals surface area contributed by atoms with E-state index < -0.39 is 0 Å². The molecular formula is C51H32N2O2. The molecule has 4 nitrogen and oxygen atoms in total. The van der Waals surface area contributed by atoms with Gasteiger partial charge in [0, 0.05) is 22.3 Å². The molecule has 0 saturated carbocycles. The van der Waals surface area contributed by atoms with Crippen LogP contribution in [0, 0.1) is 0 Å². The number of aromatic nitrogens is 1. The number of oxazole rings is 1. The number of rotatable bonds is 6. The summed E-state index contributed by atoms with van der Waals surface area (Å²) in [4.78, 5) is 7.25. The maximum atomic E-state index is 6.75. The summed E-state index contributed by atoms with van der Waals surface area (Å²) >= 11 is 0. The maximum absolute atomic E-state index is 6.75. The number of hydrogen-bond acceptors (Lipinski definition) is 4. The number of nitrogens with zero attached hydrogens (tertiary/aromatic N) is 2. The zero-order valence-electron chi connectivity index (χ0n) is 29.7. The van der Waals surface area contributed by atoms with E-state index in [9.17, 15) is 0 Å². The highest BCUT2D eigenvalue weighted by molar-refractivity contribution is 6.17. The van der Waals surface area contributed by atoms with Crippen molar-refractivity contribution < 1.29 is 8.83 Å². The number of para-hydroxylation sites is 2. The molecule has 55 heavy (non-hydrogen) atoms. The lowest BCUT2D eigenvalue weighted by Crippen LogP contribution is -2.10. The van der Waals surface area contributed by atoms with Crippen molar-refractivity contribution in [3.8, 4) is 33.7 Å². The monoisotopic (exact) mass is 704 g/mol. The summed E-state index contributed by atoms with van der Waals surface area (Å²) in [7, 11) is 0. The topological polar surface area (TPSA) is 42.4 Å². The fourth-order valence-corrected chi connectivity index (χ4v) is 7.90. The molecule has 2 aromatic heterocycles.